The number of aliphatic imine (C=N–C) groups is 1. The molecule has 0 saturated carbocycles. The van der Waals surface area contributed by atoms with Crippen LogP contribution in [0.4, 0.5) is 0 Å². The van der Waals surface area contributed by atoms with Crippen LogP contribution >= 0.6 is 0 Å². The van der Waals surface area contributed by atoms with E-state index in [1.807, 2.05) is 45.1 Å². The molecule has 1 aliphatic rings. The molecular weight excluding hydrogens is 198 g/mol. The molecule has 1 heterocycles. The van der Waals surface area contributed by atoms with E-state index >= 15 is 0 Å². The Morgan fingerprint density at radius 3 is 2.81 bits per heavy atom. The van der Waals surface area contributed by atoms with Gasteiger partial charge in [-0.25, -0.2) is 0 Å². The van der Waals surface area contributed by atoms with E-state index in [9.17, 15) is 0 Å². The van der Waals surface area contributed by atoms with Crippen molar-refractivity contribution in [3.8, 4) is 0 Å². The van der Waals surface area contributed by atoms with Crippen LogP contribution in [-0.2, 0) is 4.74 Å². The smallest absolute Gasteiger partial charge is 0.141 e. The van der Waals surface area contributed by atoms with Gasteiger partial charge in [-0.15, -0.1) is 0 Å². The lowest BCUT2D eigenvalue weighted by molar-refractivity contribution is 0.266. The lowest BCUT2D eigenvalue weighted by Gasteiger charge is -2.11. The van der Waals surface area contributed by atoms with Crippen molar-refractivity contribution < 1.29 is 4.74 Å². The molecule has 0 aromatic rings. The summed E-state index contributed by atoms with van der Waals surface area (Å²) in [7, 11) is 0. The molecule has 16 heavy (non-hydrogen) atoms. The topological polar surface area (TPSA) is 21.6 Å². The highest BCUT2D eigenvalue weighted by atomic mass is 16.5. The highest BCUT2D eigenvalue weighted by Crippen LogP contribution is 2.16. The van der Waals surface area contributed by atoms with Gasteiger partial charge in [-0.1, -0.05) is 44.7 Å². The number of allylic oxidation sites excluding steroid dienone is 5. The van der Waals surface area contributed by atoms with E-state index in [0.717, 1.165) is 17.9 Å². The predicted molar refractivity (Wildman–Crippen MR) is 71.6 cm³/mol. The summed E-state index contributed by atoms with van der Waals surface area (Å²) in [4.78, 5) is 4.26. The summed E-state index contributed by atoms with van der Waals surface area (Å²) >= 11 is 0. The fraction of sp³-hybridized carbons (Fsp3) is 0.357. The minimum absolute atomic E-state index is 0.545. The second-order valence-electron chi connectivity index (χ2n) is 2.80. The van der Waals surface area contributed by atoms with Gasteiger partial charge >= 0.3 is 0 Å². The van der Waals surface area contributed by atoms with E-state index in [2.05, 4.69) is 11.6 Å². The molecule has 1 aliphatic heterocycles. The van der Waals surface area contributed by atoms with Gasteiger partial charge in [-0.3, -0.25) is 4.99 Å². The van der Waals surface area contributed by atoms with E-state index in [1.54, 1.807) is 12.3 Å². The van der Waals surface area contributed by atoms with Crippen LogP contribution in [0.3, 0.4) is 0 Å². The number of ether oxygens (including phenoxy) is 1. The van der Waals surface area contributed by atoms with Gasteiger partial charge in [0.1, 0.15) is 12.4 Å². The molecule has 1 rings (SSSR count). The van der Waals surface area contributed by atoms with E-state index in [0.29, 0.717) is 6.61 Å². The van der Waals surface area contributed by atoms with Gasteiger partial charge in [-0.2, -0.15) is 0 Å². The Kier molecular flexibility index (Phi) is 8.99. The van der Waals surface area contributed by atoms with Crippen LogP contribution in [0, 0.1) is 0 Å². The molecule has 0 aliphatic carbocycles. The lowest BCUT2D eigenvalue weighted by atomic mass is 10.2. The quantitative estimate of drug-likeness (QED) is 0.654. The molecule has 0 saturated heterocycles. The number of hydrogen-bond donors (Lipinski definition) is 0. The third-order valence-corrected chi connectivity index (χ3v) is 1.78. The Morgan fingerprint density at radius 2 is 2.19 bits per heavy atom. The maximum atomic E-state index is 5.36. The highest BCUT2D eigenvalue weighted by molar-refractivity contribution is 5.62. The first kappa shape index (κ1) is 14.4. The van der Waals surface area contributed by atoms with Crippen LogP contribution in [0.1, 0.15) is 27.2 Å². The van der Waals surface area contributed by atoms with E-state index in [4.69, 9.17) is 4.74 Å². The van der Waals surface area contributed by atoms with Gasteiger partial charge < -0.3 is 4.74 Å². The van der Waals surface area contributed by atoms with Crippen molar-refractivity contribution in [2.75, 3.05) is 6.61 Å². The molecule has 0 spiro atoms. The van der Waals surface area contributed by atoms with E-state index in [1.165, 1.54) is 0 Å². The first-order valence-electron chi connectivity index (χ1n) is 5.67. The molecule has 0 unspecified atom stereocenters. The van der Waals surface area contributed by atoms with Crippen LogP contribution in [-0.4, -0.2) is 12.8 Å². The van der Waals surface area contributed by atoms with Crippen LogP contribution in [0.25, 0.3) is 0 Å². The standard InChI is InChI=1S/C12H15NO.C2H6/c1-3-5-6-7-8-11-12(4-2)14-10-9-13-11;1-2/h3-7,9H,2,8,10H2,1H3;1-2H3/b5-3-,7-6-;. The van der Waals surface area contributed by atoms with Gasteiger partial charge in [-0.05, 0) is 13.0 Å². The van der Waals surface area contributed by atoms with Crippen LogP contribution < -0.4 is 0 Å². The number of nitrogens with zero attached hydrogens (tertiary/aromatic N) is 1. The summed E-state index contributed by atoms with van der Waals surface area (Å²) in [6.45, 7) is 10.2. The molecule has 0 aromatic carbocycles. The summed E-state index contributed by atoms with van der Waals surface area (Å²) in [5.74, 6) is 0.789. The summed E-state index contributed by atoms with van der Waals surface area (Å²) in [5.41, 5.74) is 0.937. The third-order valence-electron chi connectivity index (χ3n) is 1.78. The average Bonchev–Trinajstić information content (AvgIpc) is 2.37. The minimum atomic E-state index is 0.545. The number of hydrogen-bond acceptors (Lipinski definition) is 2. The highest BCUT2D eigenvalue weighted by Gasteiger charge is 2.05. The fourth-order valence-corrected chi connectivity index (χ4v) is 1.12. The lowest BCUT2D eigenvalue weighted by Crippen LogP contribution is -2.03. The third kappa shape index (κ3) is 5.35. The SMILES string of the molecule is C=CC1=C(C/C=C\C=C/C)N=CCO1.CC. The van der Waals surface area contributed by atoms with Gasteiger partial charge in [0.2, 0.25) is 0 Å². The molecule has 2 heteroatoms. The zero-order valence-corrected chi connectivity index (χ0v) is 10.4. The summed E-state index contributed by atoms with van der Waals surface area (Å²) in [5, 5.41) is 0. The Hall–Kier alpha value is -1.57. The molecule has 0 N–H and O–H groups in total. The molecule has 88 valence electrons. The average molecular weight is 219 g/mol. The van der Waals surface area contributed by atoms with Crippen molar-refractivity contribution in [3.05, 3.63) is 48.4 Å². The van der Waals surface area contributed by atoms with E-state index in [-0.39, 0.29) is 0 Å². The molecule has 0 bridgehead atoms. The van der Waals surface area contributed by atoms with Crippen LogP contribution in [0.2, 0.25) is 0 Å². The Morgan fingerprint density at radius 1 is 1.44 bits per heavy atom. The fourth-order valence-electron chi connectivity index (χ4n) is 1.12. The molecular formula is C14H21NO. The zero-order chi connectivity index (χ0) is 12.2. The van der Waals surface area contributed by atoms with Crippen molar-refractivity contribution in [2.24, 2.45) is 4.99 Å². The molecule has 0 aromatic heterocycles. The maximum absolute atomic E-state index is 5.36. The van der Waals surface area contributed by atoms with Gasteiger partial charge in [0.15, 0.2) is 0 Å². The predicted octanol–water partition coefficient (Wildman–Crippen LogP) is 4.03. The van der Waals surface area contributed by atoms with Gasteiger partial charge in [0.25, 0.3) is 0 Å². The first-order chi connectivity index (χ1) is 7.88. The summed E-state index contributed by atoms with van der Waals surface area (Å²) in [6.07, 6.45) is 12.3. The first-order valence-corrected chi connectivity index (χ1v) is 5.67. The van der Waals surface area contributed by atoms with Crippen molar-refractivity contribution >= 4 is 6.21 Å². The van der Waals surface area contributed by atoms with E-state index < -0.39 is 0 Å². The van der Waals surface area contributed by atoms with Crippen molar-refractivity contribution in [3.63, 3.8) is 0 Å². The largest absolute Gasteiger partial charge is 0.486 e. The zero-order valence-electron chi connectivity index (χ0n) is 10.4. The molecule has 0 amide bonds. The minimum Gasteiger partial charge on any atom is -0.486 e. The van der Waals surface area contributed by atoms with Gasteiger partial charge in [0, 0.05) is 12.6 Å². The Bertz CT molecular complexity index is 309. The number of rotatable bonds is 4. The Balaban J connectivity index is 0.00000106. The Labute approximate surface area is 98.7 Å². The van der Waals surface area contributed by atoms with Crippen molar-refractivity contribution in [1.29, 1.82) is 0 Å². The van der Waals surface area contributed by atoms with Crippen molar-refractivity contribution in [2.45, 2.75) is 27.2 Å². The van der Waals surface area contributed by atoms with Crippen LogP contribution in [0.15, 0.2) is 53.4 Å². The molecule has 0 fully saturated rings. The summed E-state index contributed by atoms with van der Waals surface area (Å²) < 4.78 is 5.36. The van der Waals surface area contributed by atoms with Gasteiger partial charge in [0.05, 0.1) is 5.70 Å². The van der Waals surface area contributed by atoms with Crippen molar-refractivity contribution in [1.82, 2.24) is 0 Å². The normalized spacial score (nSPS) is 14.9. The summed E-state index contributed by atoms with van der Waals surface area (Å²) in [6, 6.07) is 0. The molecule has 0 radical (unpaired) electrons. The maximum Gasteiger partial charge on any atom is 0.141 e. The van der Waals surface area contributed by atoms with Crippen LogP contribution in [0.5, 0.6) is 0 Å². The second kappa shape index (κ2) is 9.97. The second-order valence-corrected chi connectivity index (χ2v) is 2.80. The monoisotopic (exact) mass is 219 g/mol. The molecule has 0 atom stereocenters. The molecule has 2 nitrogen and oxygen atoms in total.